The van der Waals surface area contributed by atoms with Crippen molar-refractivity contribution in [3.05, 3.63) is 52.2 Å². The number of hydrogen-bond donors (Lipinski definition) is 1. The van der Waals surface area contributed by atoms with Crippen LogP contribution in [0.15, 0.2) is 41.8 Å². The monoisotopic (exact) mass is 405 g/mol. The molecule has 1 aliphatic heterocycles. The summed E-state index contributed by atoms with van der Waals surface area (Å²) in [6.45, 7) is 0.460. The number of benzene rings is 1. The van der Waals surface area contributed by atoms with E-state index in [4.69, 9.17) is 4.74 Å². The molecule has 4 rings (SSSR count). The minimum absolute atomic E-state index is 0.0721. The summed E-state index contributed by atoms with van der Waals surface area (Å²) in [6, 6.07) is 11.6. The molecule has 1 atom stereocenters. The van der Waals surface area contributed by atoms with Crippen LogP contribution >= 0.6 is 11.3 Å². The Hall–Kier alpha value is -1.86. The number of ether oxygens (including phenoxy) is 1. The smallest absolute Gasteiger partial charge is 0.261 e. The minimum atomic E-state index is -3.02. The van der Waals surface area contributed by atoms with E-state index < -0.39 is 14.6 Å². The average Bonchev–Trinajstić information content (AvgIpc) is 3.10. The predicted molar refractivity (Wildman–Crippen MR) is 106 cm³/mol. The van der Waals surface area contributed by atoms with Crippen molar-refractivity contribution in [2.75, 3.05) is 5.75 Å². The van der Waals surface area contributed by atoms with Gasteiger partial charge in [-0.2, -0.15) is 0 Å². The van der Waals surface area contributed by atoms with Gasteiger partial charge in [-0.15, -0.1) is 11.3 Å². The molecule has 2 fully saturated rings. The molecule has 144 valence electrons. The second kappa shape index (κ2) is 7.28. The Balaban J connectivity index is 1.34. The standard InChI is InChI=1S/C20H23NO4S2/c22-19(21-16-7-10-27(23,24)20(12-16)8-4-9-20)18-11-17(14-26-18)25-13-15-5-2-1-3-6-15/h1-3,5-6,11,14,16H,4,7-10,12-13H2,(H,21,22). The molecule has 1 saturated heterocycles. The zero-order valence-electron chi connectivity index (χ0n) is 15.0. The summed E-state index contributed by atoms with van der Waals surface area (Å²) in [6.07, 6.45) is 3.48. The highest BCUT2D eigenvalue weighted by Gasteiger charge is 2.52. The second-order valence-electron chi connectivity index (χ2n) is 7.44. The van der Waals surface area contributed by atoms with Crippen molar-refractivity contribution >= 4 is 27.1 Å². The number of carbonyl (C=O) groups is 1. The first-order valence-corrected chi connectivity index (χ1v) is 11.8. The van der Waals surface area contributed by atoms with Crippen LogP contribution in [0, 0.1) is 0 Å². The summed E-state index contributed by atoms with van der Waals surface area (Å²) in [5, 5.41) is 4.86. The Labute approximate surface area is 163 Å². The van der Waals surface area contributed by atoms with E-state index in [1.54, 1.807) is 6.07 Å². The maximum Gasteiger partial charge on any atom is 0.261 e. The van der Waals surface area contributed by atoms with Gasteiger partial charge in [-0.05, 0) is 31.2 Å². The van der Waals surface area contributed by atoms with Gasteiger partial charge in [-0.3, -0.25) is 4.79 Å². The molecule has 2 aliphatic rings. The molecule has 7 heteroatoms. The molecule has 1 spiro atoms. The molecule has 2 aromatic rings. The van der Waals surface area contributed by atoms with Crippen LogP contribution < -0.4 is 10.1 Å². The summed E-state index contributed by atoms with van der Waals surface area (Å²) in [5.74, 6) is 0.706. The van der Waals surface area contributed by atoms with Crippen LogP contribution in [0.25, 0.3) is 0 Å². The van der Waals surface area contributed by atoms with E-state index >= 15 is 0 Å². The van der Waals surface area contributed by atoms with Gasteiger partial charge in [-0.25, -0.2) is 8.42 Å². The Kier molecular flexibility index (Phi) is 4.99. The van der Waals surface area contributed by atoms with E-state index in [0.717, 1.165) is 24.8 Å². The van der Waals surface area contributed by atoms with Gasteiger partial charge in [-0.1, -0.05) is 36.8 Å². The number of nitrogens with one attached hydrogen (secondary N) is 1. The number of sulfone groups is 1. The Morgan fingerprint density at radius 1 is 1.26 bits per heavy atom. The van der Waals surface area contributed by atoms with E-state index in [1.807, 2.05) is 35.7 Å². The molecular formula is C20H23NO4S2. The van der Waals surface area contributed by atoms with E-state index in [9.17, 15) is 13.2 Å². The van der Waals surface area contributed by atoms with Crippen LogP contribution in [0.3, 0.4) is 0 Å². The minimum Gasteiger partial charge on any atom is -0.488 e. The maximum absolute atomic E-state index is 12.6. The van der Waals surface area contributed by atoms with Crippen LogP contribution in [-0.4, -0.2) is 30.9 Å². The van der Waals surface area contributed by atoms with E-state index in [1.165, 1.54) is 11.3 Å². The van der Waals surface area contributed by atoms with Crippen molar-refractivity contribution < 1.29 is 17.9 Å². The molecular weight excluding hydrogens is 382 g/mol. The fourth-order valence-electron chi connectivity index (χ4n) is 3.91. The van der Waals surface area contributed by atoms with Crippen LogP contribution in [0.5, 0.6) is 5.75 Å². The van der Waals surface area contributed by atoms with Crippen LogP contribution in [0.1, 0.15) is 47.3 Å². The van der Waals surface area contributed by atoms with Gasteiger partial charge in [0.2, 0.25) is 0 Å². The van der Waals surface area contributed by atoms with E-state index in [-0.39, 0.29) is 17.7 Å². The van der Waals surface area contributed by atoms with E-state index in [2.05, 4.69) is 5.32 Å². The molecule has 1 unspecified atom stereocenters. The lowest BCUT2D eigenvalue weighted by Crippen LogP contribution is -2.55. The number of amides is 1. The molecule has 0 bridgehead atoms. The van der Waals surface area contributed by atoms with Crippen molar-refractivity contribution in [3.63, 3.8) is 0 Å². The molecule has 0 radical (unpaired) electrons. The highest BCUT2D eigenvalue weighted by Crippen LogP contribution is 2.46. The van der Waals surface area contributed by atoms with Gasteiger partial charge >= 0.3 is 0 Å². The molecule has 1 amide bonds. The quantitative estimate of drug-likeness (QED) is 0.826. The lowest BCUT2D eigenvalue weighted by Gasteiger charge is -2.46. The molecule has 2 heterocycles. The zero-order chi connectivity index (χ0) is 18.9. The largest absolute Gasteiger partial charge is 0.488 e. The second-order valence-corrected chi connectivity index (χ2v) is 10.9. The third-order valence-corrected chi connectivity index (χ3v) is 9.24. The third kappa shape index (κ3) is 3.75. The maximum atomic E-state index is 12.6. The fraction of sp³-hybridized carbons (Fsp3) is 0.450. The number of thiophene rings is 1. The SMILES string of the molecule is O=C(NC1CCS(=O)(=O)C2(CCC2)C1)c1cc(OCc2ccccc2)cs1. The molecule has 1 aromatic carbocycles. The normalized spacial score (nSPS) is 22.7. The van der Waals surface area contributed by atoms with Gasteiger partial charge in [0.05, 0.1) is 15.4 Å². The van der Waals surface area contributed by atoms with Crippen molar-refractivity contribution in [3.8, 4) is 5.75 Å². The number of carbonyl (C=O) groups excluding carboxylic acids is 1. The first-order valence-electron chi connectivity index (χ1n) is 9.26. The van der Waals surface area contributed by atoms with Crippen molar-refractivity contribution in [1.29, 1.82) is 0 Å². The van der Waals surface area contributed by atoms with Crippen LogP contribution in [0.4, 0.5) is 0 Å². The van der Waals surface area contributed by atoms with Gasteiger partial charge in [0.25, 0.3) is 5.91 Å². The lowest BCUT2D eigenvalue weighted by atomic mass is 9.79. The molecule has 27 heavy (non-hydrogen) atoms. The topological polar surface area (TPSA) is 72.5 Å². The molecule has 1 N–H and O–H groups in total. The fourth-order valence-corrected chi connectivity index (χ4v) is 7.04. The summed E-state index contributed by atoms with van der Waals surface area (Å²) in [5.41, 5.74) is 1.07. The molecule has 1 aromatic heterocycles. The van der Waals surface area contributed by atoms with Crippen molar-refractivity contribution in [2.24, 2.45) is 0 Å². The predicted octanol–water partition coefficient (Wildman–Crippen LogP) is 3.56. The molecule has 1 saturated carbocycles. The van der Waals surface area contributed by atoms with Gasteiger partial charge in [0.15, 0.2) is 9.84 Å². The highest BCUT2D eigenvalue weighted by atomic mass is 32.2. The van der Waals surface area contributed by atoms with Gasteiger partial charge < -0.3 is 10.1 Å². The van der Waals surface area contributed by atoms with Crippen molar-refractivity contribution in [1.82, 2.24) is 5.32 Å². The highest BCUT2D eigenvalue weighted by molar-refractivity contribution is 7.92. The third-order valence-electron chi connectivity index (χ3n) is 5.66. The number of rotatable bonds is 5. The van der Waals surface area contributed by atoms with Gasteiger partial charge in [0, 0.05) is 17.5 Å². The Morgan fingerprint density at radius 3 is 2.74 bits per heavy atom. The first kappa shape index (κ1) is 18.5. The Bertz CT molecular complexity index is 916. The zero-order valence-corrected chi connectivity index (χ0v) is 16.7. The Morgan fingerprint density at radius 2 is 2.04 bits per heavy atom. The summed E-state index contributed by atoms with van der Waals surface area (Å²) >= 11 is 1.35. The van der Waals surface area contributed by atoms with Crippen LogP contribution in [0.2, 0.25) is 0 Å². The van der Waals surface area contributed by atoms with E-state index in [0.29, 0.717) is 30.1 Å². The first-order chi connectivity index (χ1) is 13.0. The van der Waals surface area contributed by atoms with Crippen molar-refractivity contribution in [2.45, 2.75) is 49.5 Å². The average molecular weight is 406 g/mol. The molecule has 1 aliphatic carbocycles. The number of hydrogen-bond acceptors (Lipinski definition) is 5. The molecule has 5 nitrogen and oxygen atoms in total. The van der Waals surface area contributed by atoms with Crippen LogP contribution in [-0.2, 0) is 16.4 Å². The van der Waals surface area contributed by atoms with Gasteiger partial charge in [0.1, 0.15) is 12.4 Å². The summed E-state index contributed by atoms with van der Waals surface area (Å²) in [7, 11) is -3.02. The summed E-state index contributed by atoms with van der Waals surface area (Å²) < 4.78 is 29.9. The lowest BCUT2D eigenvalue weighted by molar-refractivity contribution is 0.0928. The summed E-state index contributed by atoms with van der Waals surface area (Å²) in [4.78, 5) is 13.2.